The van der Waals surface area contributed by atoms with Gasteiger partial charge in [0.2, 0.25) is 0 Å². The minimum absolute atomic E-state index is 0.184. The first-order valence-corrected chi connectivity index (χ1v) is 8.16. The topological polar surface area (TPSA) is 47.3 Å². The fraction of sp³-hybridized carbons (Fsp3) is 0.200. The van der Waals surface area contributed by atoms with Crippen LogP contribution in [-0.2, 0) is 6.42 Å². The van der Waals surface area contributed by atoms with E-state index in [1.165, 1.54) is 7.11 Å². The van der Waals surface area contributed by atoms with Crippen molar-refractivity contribution in [1.82, 2.24) is 5.43 Å². The molecule has 3 N–H and O–H groups in total. The van der Waals surface area contributed by atoms with Crippen molar-refractivity contribution >= 4 is 38.5 Å². The van der Waals surface area contributed by atoms with Gasteiger partial charge in [-0.1, -0.05) is 28.1 Å². The van der Waals surface area contributed by atoms with Gasteiger partial charge in [-0.3, -0.25) is 11.3 Å². The number of nitrogens with one attached hydrogen (secondary N) is 1. The molecule has 0 aromatic heterocycles. The summed E-state index contributed by atoms with van der Waals surface area (Å²) in [6.45, 7) is 0. The number of hydrogen-bond donors (Lipinski definition) is 2. The molecule has 0 fully saturated rings. The summed E-state index contributed by atoms with van der Waals surface area (Å²) in [5.74, 6) is 5.57. The molecule has 0 saturated heterocycles. The van der Waals surface area contributed by atoms with Gasteiger partial charge in [0.25, 0.3) is 0 Å². The normalized spacial score (nSPS) is 12.2. The zero-order valence-electron chi connectivity index (χ0n) is 11.4. The fourth-order valence-electron chi connectivity index (χ4n) is 2.13. The average Bonchev–Trinajstić information content (AvgIpc) is 2.49. The highest BCUT2D eigenvalue weighted by Crippen LogP contribution is 2.28. The second-order valence-electron chi connectivity index (χ2n) is 4.52. The second-order valence-corrected chi connectivity index (χ2v) is 6.60. The molecule has 0 aliphatic rings. The minimum atomic E-state index is -0.342. The smallest absolute Gasteiger partial charge is 0.168 e. The Bertz CT molecular complexity index is 639. The van der Waals surface area contributed by atoms with Crippen LogP contribution in [-0.4, -0.2) is 7.11 Å². The molecule has 2 aromatic rings. The molecular weight excluding hydrogens is 450 g/mol. The van der Waals surface area contributed by atoms with Gasteiger partial charge in [-0.2, -0.15) is 0 Å². The van der Waals surface area contributed by atoms with Gasteiger partial charge in [0.1, 0.15) is 0 Å². The van der Waals surface area contributed by atoms with Crippen LogP contribution in [0.2, 0.25) is 0 Å². The van der Waals surface area contributed by atoms with Crippen molar-refractivity contribution in [2.45, 2.75) is 12.5 Å². The van der Waals surface area contributed by atoms with Crippen molar-refractivity contribution in [2.24, 2.45) is 5.84 Å². The molecule has 0 amide bonds. The maximum atomic E-state index is 14.3. The molecule has 0 saturated carbocycles. The second kappa shape index (κ2) is 7.53. The molecule has 0 spiro atoms. The summed E-state index contributed by atoms with van der Waals surface area (Å²) in [4.78, 5) is 0. The van der Waals surface area contributed by atoms with Crippen molar-refractivity contribution in [2.75, 3.05) is 7.11 Å². The van der Waals surface area contributed by atoms with Crippen LogP contribution in [0.4, 0.5) is 4.39 Å². The van der Waals surface area contributed by atoms with Gasteiger partial charge in [-0.15, -0.1) is 0 Å². The van der Waals surface area contributed by atoms with E-state index in [1.807, 2.05) is 18.2 Å². The molecule has 0 aliphatic heterocycles. The average molecular weight is 465 g/mol. The molecule has 112 valence electrons. The number of halogens is 3. The van der Waals surface area contributed by atoms with E-state index in [-0.39, 0.29) is 17.6 Å². The van der Waals surface area contributed by atoms with E-state index in [0.29, 0.717) is 12.0 Å². The van der Waals surface area contributed by atoms with Crippen molar-refractivity contribution in [3.63, 3.8) is 0 Å². The molecule has 1 atom stereocenters. The largest absolute Gasteiger partial charge is 0.494 e. The molecule has 0 radical (unpaired) electrons. The lowest BCUT2D eigenvalue weighted by molar-refractivity contribution is 0.382. The summed E-state index contributed by atoms with van der Waals surface area (Å²) >= 11 is 5.70. The molecule has 2 aromatic carbocycles. The zero-order valence-corrected chi connectivity index (χ0v) is 15.1. The standard InChI is InChI=1S/C15H15BrFIN2O/c1-21-14-4-2-3-9(15(14)17)7-13(20-19)11-8-10(16)5-6-12(11)18/h2-6,8,13,20H,7,19H2,1H3. The lowest BCUT2D eigenvalue weighted by Gasteiger charge is -2.19. The van der Waals surface area contributed by atoms with Crippen molar-refractivity contribution < 1.29 is 9.13 Å². The molecular formula is C15H15BrFIN2O. The third-order valence-corrected chi connectivity index (χ3v) is 4.70. The maximum Gasteiger partial charge on any atom is 0.168 e. The van der Waals surface area contributed by atoms with Gasteiger partial charge in [0.15, 0.2) is 11.6 Å². The lowest BCUT2D eigenvalue weighted by Crippen LogP contribution is -2.30. The summed E-state index contributed by atoms with van der Waals surface area (Å²) < 4.78 is 21.3. The number of benzene rings is 2. The van der Waals surface area contributed by atoms with Gasteiger partial charge >= 0.3 is 0 Å². The van der Waals surface area contributed by atoms with E-state index in [0.717, 1.165) is 13.6 Å². The third-order valence-electron chi connectivity index (χ3n) is 3.22. The van der Waals surface area contributed by atoms with Gasteiger partial charge in [-0.25, -0.2) is 4.39 Å². The fourth-order valence-corrected chi connectivity index (χ4v) is 3.22. The Balaban J connectivity index is 2.33. The number of methoxy groups -OCH3 is 1. The Kier molecular flexibility index (Phi) is 5.98. The van der Waals surface area contributed by atoms with Crippen LogP contribution in [0.15, 0.2) is 40.9 Å². The van der Waals surface area contributed by atoms with E-state index in [9.17, 15) is 4.39 Å². The van der Waals surface area contributed by atoms with Crippen molar-refractivity contribution in [3.8, 4) is 5.75 Å². The number of ether oxygens (including phenoxy) is 1. The number of rotatable bonds is 5. The summed E-state index contributed by atoms with van der Waals surface area (Å²) in [5, 5.41) is 0. The van der Waals surface area contributed by atoms with Crippen molar-refractivity contribution in [1.29, 1.82) is 0 Å². The summed E-state index contributed by atoms with van der Waals surface area (Å²) in [7, 11) is 1.46. The van der Waals surface area contributed by atoms with E-state index in [1.54, 1.807) is 18.2 Å². The third kappa shape index (κ3) is 3.94. The van der Waals surface area contributed by atoms with Gasteiger partial charge in [0.05, 0.1) is 13.2 Å². The molecule has 0 aliphatic carbocycles. The monoisotopic (exact) mass is 464 g/mol. The van der Waals surface area contributed by atoms with E-state index in [4.69, 9.17) is 10.6 Å². The van der Waals surface area contributed by atoms with Gasteiger partial charge in [0, 0.05) is 8.04 Å². The first kappa shape index (κ1) is 16.7. The quantitative estimate of drug-likeness (QED) is 0.400. The molecule has 2 rings (SSSR count). The molecule has 1 unspecified atom stereocenters. The first-order valence-electron chi connectivity index (χ1n) is 6.29. The Hall–Kier alpha value is -0.700. The predicted molar refractivity (Wildman–Crippen MR) is 93.6 cm³/mol. The Labute approximate surface area is 145 Å². The summed E-state index contributed by atoms with van der Waals surface area (Å²) in [6, 6.07) is 10.9. The molecule has 21 heavy (non-hydrogen) atoms. The van der Waals surface area contributed by atoms with E-state index in [2.05, 4.69) is 43.9 Å². The highest BCUT2D eigenvalue weighted by molar-refractivity contribution is 14.1. The molecule has 0 bridgehead atoms. The Morgan fingerprint density at radius 3 is 2.81 bits per heavy atom. The van der Waals surface area contributed by atoms with Crippen LogP contribution in [0, 0.1) is 9.39 Å². The molecule has 0 heterocycles. The maximum absolute atomic E-state index is 14.3. The lowest BCUT2D eigenvalue weighted by atomic mass is 9.99. The van der Waals surface area contributed by atoms with Crippen LogP contribution in [0.25, 0.3) is 0 Å². The SMILES string of the molecule is COc1cccc(CC(NN)c2cc(Br)ccc2I)c1F. The Morgan fingerprint density at radius 2 is 2.14 bits per heavy atom. The van der Waals surface area contributed by atoms with Crippen LogP contribution in [0.3, 0.4) is 0 Å². The number of hydrazine groups is 1. The first-order chi connectivity index (χ1) is 10.1. The van der Waals surface area contributed by atoms with Gasteiger partial charge < -0.3 is 4.74 Å². The minimum Gasteiger partial charge on any atom is -0.494 e. The van der Waals surface area contributed by atoms with Crippen LogP contribution < -0.4 is 16.0 Å². The van der Waals surface area contributed by atoms with Crippen LogP contribution >= 0.6 is 38.5 Å². The summed E-state index contributed by atoms with van der Waals surface area (Å²) in [5.41, 5.74) is 4.35. The van der Waals surface area contributed by atoms with E-state index < -0.39 is 0 Å². The Morgan fingerprint density at radius 1 is 1.38 bits per heavy atom. The van der Waals surface area contributed by atoms with Crippen LogP contribution in [0.5, 0.6) is 5.75 Å². The molecule has 3 nitrogen and oxygen atoms in total. The predicted octanol–water partition coefficient (Wildman–Crippen LogP) is 3.95. The summed E-state index contributed by atoms with van der Waals surface area (Å²) in [6.07, 6.45) is 0.436. The molecule has 6 heteroatoms. The van der Waals surface area contributed by atoms with Crippen molar-refractivity contribution in [3.05, 3.63) is 61.4 Å². The highest BCUT2D eigenvalue weighted by atomic mass is 127. The number of nitrogens with two attached hydrogens (primary N) is 1. The zero-order chi connectivity index (χ0) is 15.4. The van der Waals surface area contributed by atoms with E-state index >= 15 is 0 Å². The number of hydrogen-bond acceptors (Lipinski definition) is 3. The van der Waals surface area contributed by atoms with Crippen LogP contribution in [0.1, 0.15) is 17.2 Å². The highest BCUT2D eigenvalue weighted by Gasteiger charge is 2.17. The van der Waals surface area contributed by atoms with Gasteiger partial charge in [-0.05, 0) is 64.4 Å².